The van der Waals surface area contributed by atoms with Crippen LogP contribution in [-0.2, 0) is 15.9 Å². The van der Waals surface area contributed by atoms with Gasteiger partial charge in [-0.1, -0.05) is 24.3 Å². The van der Waals surface area contributed by atoms with Gasteiger partial charge in [0.15, 0.2) is 0 Å². The lowest BCUT2D eigenvalue weighted by molar-refractivity contribution is 0.0502. The normalized spacial score (nSPS) is 12.3. The van der Waals surface area contributed by atoms with E-state index in [0.717, 1.165) is 22.0 Å². The van der Waals surface area contributed by atoms with Gasteiger partial charge in [-0.2, -0.15) is 0 Å². The molecule has 0 aliphatic heterocycles. The van der Waals surface area contributed by atoms with E-state index in [1.165, 1.54) is 6.08 Å². The van der Waals surface area contributed by atoms with Gasteiger partial charge in [-0.3, -0.25) is 0 Å². The molecule has 7 nitrogen and oxygen atoms in total. The Hall–Kier alpha value is -2.96. The van der Waals surface area contributed by atoms with Crippen LogP contribution in [0.3, 0.4) is 0 Å². The molecule has 0 bridgehead atoms. The maximum absolute atomic E-state index is 12.2. The lowest BCUT2D eigenvalue weighted by atomic mass is 10.0. The first-order chi connectivity index (χ1) is 13.2. The molecule has 7 heteroatoms. The summed E-state index contributed by atoms with van der Waals surface area (Å²) < 4.78 is 10.3. The van der Waals surface area contributed by atoms with E-state index in [1.807, 2.05) is 25.3 Å². The molecule has 2 aromatic rings. The van der Waals surface area contributed by atoms with Gasteiger partial charge in [0, 0.05) is 23.6 Å². The first kappa shape index (κ1) is 21.3. The van der Waals surface area contributed by atoms with Gasteiger partial charge in [-0.25, -0.2) is 9.59 Å². The molecule has 0 spiro atoms. The molecule has 28 heavy (non-hydrogen) atoms. The second kappa shape index (κ2) is 9.30. The number of carbonyl (C=O) groups is 2. The predicted octanol–water partition coefficient (Wildman–Crippen LogP) is 3.82. The fraction of sp³-hybridized carbons (Fsp3) is 0.429. The van der Waals surface area contributed by atoms with Crippen LogP contribution in [0.15, 0.2) is 37.1 Å². The van der Waals surface area contributed by atoms with Gasteiger partial charge in [0.05, 0.1) is 6.04 Å². The third-order valence-corrected chi connectivity index (χ3v) is 3.94. The van der Waals surface area contributed by atoms with Crippen LogP contribution < -0.4 is 10.6 Å². The van der Waals surface area contributed by atoms with E-state index in [1.54, 1.807) is 20.8 Å². The lowest BCUT2D eigenvalue weighted by Crippen LogP contribution is -2.46. The van der Waals surface area contributed by atoms with Crippen molar-refractivity contribution < 1.29 is 19.1 Å². The van der Waals surface area contributed by atoms with E-state index in [2.05, 4.69) is 28.3 Å². The van der Waals surface area contributed by atoms with Gasteiger partial charge in [0.25, 0.3) is 0 Å². The van der Waals surface area contributed by atoms with Crippen molar-refractivity contribution in [1.29, 1.82) is 0 Å². The topological polar surface area (TPSA) is 92.5 Å². The summed E-state index contributed by atoms with van der Waals surface area (Å²) in [7, 11) is 0. The molecule has 0 saturated carbocycles. The highest BCUT2D eigenvalue weighted by Gasteiger charge is 2.21. The molecule has 3 N–H and O–H groups in total. The molecule has 0 unspecified atom stereocenters. The Balaban J connectivity index is 2.11. The van der Waals surface area contributed by atoms with Crippen LogP contribution >= 0.6 is 0 Å². The van der Waals surface area contributed by atoms with Crippen molar-refractivity contribution in [3.63, 3.8) is 0 Å². The summed E-state index contributed by atoms with van der Waals surface area (Å²) in [5.74, 6) is 0. The summed E-state index contributed by atoms with van der Waals surface area (Å²) in [6.07, 6.45) is 2.83. The number of carbonyl (C=O) groups excluding carboxylic acids is 2. The van der Waals surface area contributed by atoms with Crippen LogP contribution in [0.2, 0.25) is 0 Å². The minimum atomic E-state index is -0.608. The average molecular weight is 387 g/mol. The van der Waals surface area contributed by atoms with Crippen LogP contribution in [0.5, 0.6) is 0 Å². The van der Waals surface area contributed by atoms with Gasteiger partial charge >= 0.3 is 12.2 Å². The number of fused-ring (bicyclic) bond motifs is 1. The highest BCUT2D eigenvalue weighted by Crippen LogP contribution is 2.21. The minimum absolute atomic E-state index is 0.123. The molecule has 2 rings (SSSR count). The molecule has 1 aromatic carbocycles. The first-order valence-electron chi connectivity index (χ1n) is 9.25. The Morgan fingerprint density at radius 3 is 2.71 bits per heavy atom. The van der Waals surface area contributed by atoms with E-state index in [-0.39, 0.29) is 19.2 Å². The average Bonchev–Trinajstić information content (AvgIpc) is 2.98. The van der Waals surface area contributed by atoms with Crippen LogP contribution in [0.1, 0.15) is 31.9 Å². The number of hydrogen-bond acceptors (Lipinski definition) is 4. The van der Waals surface area contributed by atoms with E-state index < -0.39 is 17.8 Å². The van der Waals surface area contributed by atoms with Crippen molar-refractivity contribution in [2.24, 2.45) is 0 Å². The van der Waals surface area contributed by atoms with Gasteiger partial charge in [-0.05, 0) is 51.8 Å². The smallest absolute Gasteiger partial charge is 0.407 e. The number of rotatable bonds is 7. The van der Waals surface area contributed by atoms with E-state index in [0.29, 0.717) is 6.42 Å². The molecule has 152 valence electrons. The van der Waals surface area contributed by atoms with Crippen molar-refractivity contribution in [3.05, 3.63) is 48.2 Å². The summed E-state index contributed by atoms with van der Waals surface area (Å²) in [5.41, 5.74) is 2.61. The van der Waals surface area contributed by atoms with Gasteiger partial charge in [0.1, 0.15) is 12.2 Å². The third kappa shape index (κ3) is 6.64. The first-order valence-corrected chi connectivity index (χ1v) is 9.25. The molecule has 1 heterocycles. The van der Waals surface area contributed by atoms with Crippen molar-refractivity contribution >= 4 is 23.1 Å². The quantitative estimate of drug-likeness (QED) is 0.630. The second-order valence-corrected chi connectivity index (χ2v) is 7.68. The maximum atomic E-state index is 12.2. The standard InChI is InChI=1S/C21H29N3O4/c1-6-9-27-19(25)23-13-16(24-20(26)28-21(3,4)5)11-15-12-22-18-8-7-14(2)10-17(15)18/h6-8,10,12,16,22H,1,9,11,13H2,2-5H3,(H,23,25)(H,24,26)/t16-/m1/s1. The third-order valence-electron chi connectivity index (χ3n) is 3.94. The fourth-order valence-corrected chi connectivity index (χ4v) is 2.77. The number of alkyl carbamates (subject to hydrolysis) is 2. The summed E-state index contributed by atoms with van der Waals surface area (Å²) in [6, 6.07) is 5.79. The number of benzene rings is 1. The number of hydrogen-bond donors (Lipinski definition) is 3. The van der Waals surface area contributed by atoms with Crippen LogP contribution in [0, 0.1) is 6.92 Å². The number of aromatic nitrogens is 1. The lowest BCUT2D eigenvalue weighted by Gasteiger charge is -2.24. The largest absolute Gasteiger partial charge is 0.445 e. The molecule has 0 radical (unpaired) electrons. The summed E-state index contributed by atoms with van der Waals surface area (Å²) in [5, 5.41) is 6.59. The van der Waals surface area contributed by atoms with Crippen LogP contribution in [0.25, 0.3) is 10.9 Å². The number of aromatic amines is 1. The van der Waals surface area contributed by atoms with Gasteiger partial charge < -0.3 is 25.1 Å². The number of amides is 2. The Labute approximate surface area is 165 Å². The highest BCUT2D eigenvalue weighted by atomic mass is 16.6. The van der Waals surface area contributed by atoms with Crippen LogP contribution in [-0.4, -0.2) is 42.0 Å². The Bertz CT molecular complexity index is 836. The molecule has 0 saturated heterocycles. The monoisotopic (exact) mass is 387 g/mol. The predicted molar refractivity (Wildman–Crippen MR) is 109 cm³/mol. The van der Waals surface area contributed by atoms with Crippen molar-refractivity contribution in [2.45, 2.75) is 45.8 Å². The van der Waals surface area contributed by atoms with Gasteiger partial charge in [0.2, 0.25) is 0 Å². The number of aryl methyl sites for hydroxylation is 1. The Kier molecular flexibility index (Phi) is 7.09. The van der Waals surface area contributed by atoms with Crippen molar-refractivity contribution in [1.82, 2.24) is 15.6 Å². The zero-order valence-electron chi connectivity index (χ0n) is 16.9. The molecule has 0 fully saturated rings. The number of H-pyrrole nitrogens is 1. The number of nitrogens with one attached hydrogen (secondary N) is 3. The zero-order chi connectivity index (χ0) is 20.7. The molecule has 0 aliphatic rings. The van der Waals surface area contributed by atoms with E-state index in [4.69, 9.17) is 9.47 Å². The van der Waals surface area contributed by atoms with E-state index >= 15 is 0 Å². The molecule has 1 aromatic heterocycles. The molecular formula is C21H29N3O4. The van der Waals surface area contributed by atoms with Crippen LogP contribution in [0.4, 0.5) is 9.59 Å². The summed E-state index contributed by atoms with van der Waals surface area (Å²) >= 11 is 0. The zero-order valence-corrected chi connectivity index (χ0v) is 16.9. The molecule has 0 aliphatic carbocycles. The summed E-state index contributed by atoms with van der Waals surface area (Å²) in [6.45, 7) is 11.3. The highest BCUT2D eigenvalue weighted by molar-refractivity contribution is 5.84. The van der Waals surface area contributed by atoms with Crippen molar-refractivity contribution in [3.8, 4) is 0 Å². The van der Waals surface area contributed by atoms with Gasteiger partial charge in [-0.15, -0.1) is 0 Å². The summed E-state index contributed by atoms with van der Waals surface area (Å²) in [4.78, 5) is 27.2. The minimum Gasteiger partial charge on any atom is -0.445 e. The number of ether oxygens (including phenoxy) is 2. The molecular weight excluding hydrogens is 358 g/mol. The van der Waals surface area contributed by atoms with Crippen molar-refractivity contribution in [2.75, 3.05) is 13.2 Å². The fourth-order valence-electron chi connectivity index (χ4n) is 2.77. The molecule has 1 atom stereocenters. The second-order valence-electron chi connectivity index (χ2n) is 7.68. The van der Waals surface area contributed by atoms with E-state index in [9.17, 15) is 9.59 Å². The SMILES string of the molecule is C=CCOC(=O)NC[C@@H](Cc1c[nH]c2ccc(C)cc12)NC(=O)OC(C)(C)C. The maximum Gasteiger partial charge on any atom is 0.407 e. The Morgan fingerprint density at radius 1 is 1.29 bits per heavy atom. The Morgan fingerprint density at radius 2 is 2.04 bits per heavy atom. The molecule has 2 amide bonds.